The number of hydrogen-bond donors (Lipinski definition) is 2. The second-order valence-electron chi connectivity index (χ2n) is 5.76. The Hall–Kier alpha value is -2.72. The Morgan fingerprint density at radius 1 is 1.15 bits per heavy atom. The van der Waals surface area contributed by atoms with Crippen LogP contribution in [-0.2, 0) is 0 Å². The molecule has 0 bridgehead atoms. The smallest absolute Gasteiger partial charge is 0.277 e. The Balaban J connectivity index is 1.56. The van der Waals surface area contributed by atoms with Gasteiger partial charge in [0, 0.05) is 8.45 Å². The molecule has 0 saturated carbocycles. The van der Waals surface area contributed by atoms with E-state index < -0.39 is 0 Å². The number of aromatic nitrogens is 3. The van der Waals surface area contributed by atoms with Crippen LogP contribution in [-0.4, -0.2) is 20.9 Å². The largest absolute Gasteiger partial charge is 0.397 e. The van der Waals surface area contributed by atoms with Crippen LogP contribution >= 0.6 is 33.9 Å². The van der Waals surface area contributed by atoms with Crippen LogP contribution in [0.3, 0.4) is 0 Å². The number of thiophene rings is 1. The quantitative estimate of drug-likeness (QED) is 0.330. The van der Waals surface area contributed by atoms with E-state index in [4.69, 9.17) is 5.73 Å². The average molecular weight is 487 g/mol. The number of nitrogens with zero attached hydrogens (tertiary/aromatic N) is 3. The highest BCUT2D eigenvalue weighted by Gasteiger charge is 2.14. The number of nitrogen functional groups attached to an aromatic ring is 1. The molecule has 4 aromatic rings. The first-order valence-corrected chi connectivity index (χ1v) is 9.99. The number of anilines is 2. The van der Waals surface area contributed by atoms with Gasteiger partial charge in [-0.05, 0) is 76.0 Å². The monoisotopic (exact) mass is 487 g/mol. The number of carbonyl (C=O) groups excluding carboxylic acids is 1. The van der Waals surface area contributed by atoms with Gasteiger partial charge in [0.05, 0.1) is 23.3 Å². The van der Waals surface area contributed by atoms with Gasteiger partial charge in [-0.1, -0.05) is 17.3 Å². The highest BCUT2D eigenvalue weighted by Crippen LogP contribution is 2.30. The first-order valence-electron chi connectivity index (χ1n) is 8.03. The lowest BCUT2D eigenvalue weighted by Gasteiger charge is -2.08. The van der Waals surface area contributed by atoms with E-state index in [-0.39, 0.29) is 11.6 Å². The van der Waals surface area contributed by atoms with E-state index in [1.54, 1.807) is 28.3 Å². The third kappa shape index (κ3) is 3.86. The summed E-state index contributed by atoms with van der Waals surface area (Å²) in [5.74, 6) is -0.359. The van der Waals surface area contributed by atoms with E-state index in [0.29, 0.717) is 11.4 Å². The Bertz CT molecular complexity index is 1090. The number of nitrogens with one attached hydrogen (secondary N) is 1. The van der Waals surface area contributed by atoms with E-state index in [1.165, 1.54) is 0 Å². The van der Waals surface area contributed by atoms with E-state index in [9.17, 15) is 4.79 Å². The van der Waals surface area contributed by atoms with Gasteiger partial charge in [0.15, 0.2) is 5.69 Å². The molecule has 0 unspecified atom stereocenters. The first-order chi connectivity index (χ1) is 13.1. The molecule has 0 radical (unpaired) electrons. The van der Waals surface area contributed by atoms with E-state index >= 15 is 0 Å². The summed E-state index contributed by atoms with van der Waals surface area (Å²) >= 11 is 3.86. The molecule has 4 rings (SSSR count). The maximum atomic E-state index is 12.6. The summed E-state index contributed by atoms with van der Waals surface area (Å²) in [7, 11) is 0. The molecule has 134 valence electrons. The third-order valence-electron chi connectivity index (χ3n) is 3.92. The zero-order chi connectivity index (χ0) is 18.8. The van der Waals surface area contributed by atoms with E-state index in [2.05, 4.69) is 38.2 Å². The van der Waals surface area contributed by atoms with Gasteiger partial charge in [-0.2, -0.15) is 0 Å². The topological polar surface area (TPSA) is 85.8 Å². The number of benzene rings is 2. The molecular weight excluding hydrogens is 473 g/mol. The lowest BCUT2D eigenvalue weighted by molar-refractivity contribution is 0.102. The molecule has 27 heavy (non-hydrogen) atoms. The van der Waals surface area contributed by atoms with Gasteiger partial charge in [-0.3, -0.25) is 4.79 Å². The second kappa shape index (κ2) is 7.49. The summed E-state index contributed by atoms with van der Waals surface area (Å²) in [6.45, 7) is 0. The lowest BCUT2D eigenvalue weighted by Crippen LogP contribution is -2.13. The van der Waals surface area contributed by atoms with Crippen LogP contribution in [0.25, 0.3) is 16.1 Å². The molecule has 3 N–H and O–H groups in total. The molecule has 0 saturated heterocycles. The van der Waals surface area contributed by atoms with E-state index in [0.717, 1.165) is 19.7 Å². The fourth-order valence-corrected chi connectivity index (χ4v) is 3.62. The third-order valence-corrected chi connectivity index (χ3v) is 5.56. The summed E-state index contributed by atoms with van der Waals surface area (Å²) in [6, 6.07) is 17.4. The Labute approximate surface area is 173 Å². The van der Waals surface area contributed by atoms with Gasteiger partial charge in [-0.25, -0.2) is 4.68 Å². The SMILES string of the molecule is Nc1ccc(-c2cccs2)cc1NC(=O)c1cn(-c2ccc(I)cc2)nn1. The summed E-state index contributed by atoms with van der Waals surface area (Å²) in [5, 5.41) is 12.8. The molecule has 2 heterocycles. The minimum atomic E-state index is -0.359. The first kappa shape index (κ1) is 17.7. The fraction of sp³-hybridized carbons (Fsp3) is 0. The van der Waals surface area contributed by atoms with Crippen molar-refractivity contribution in [3.8, 4) is 16.1 Å². The van der Waals surface area contributed by atoms with Crippen LogP contribution < -0.4 is 11.1 Å². The van der Waals surface area contributed by atoms with Gasteiger partial charge in [-0.15, -0.1) is 16.4 Å². The number of halogens is 1. The van der Waals surface area contributed by atoms with Gasteiger partial charge >= 0.3 is 0 Å². The standard InChI is InChI=1S/C19H14IN5OS/c20-13-4-6-14(7-5-13)25-11-17(23-24-25)19(26)22-16-10-12(3-8-15(16)21)18-2-1-9-27-18/h1-11H,21H2,(H,22,26). The Morgan fingerprint density at radius 3 is 2.70 bits per heavy atom. The molecule has 0 fully saturated rings. The van der Waals surface area contributed by atoms with Crippen LogP contribution in [0.5, 0.6) is 0 Å². The molecule has 8 heteroatoms. The molecule has 0 aliphatic carbocycles. The van der Waals surface area contributed by atoms with Crippen molar-refractivity contribution in [2.75, 3.05) is 11.1 Å². The summed E-state index contributed by atoms with van der Waals surface area (Å²) in [4.78, 5) is 13.7. The molecule has 0 aliphatic heterocycles. The van der Waals surface area contributed by atoms with Crippen molar-refractivity contribution in [2.45, 2.75) is 0 Å². The molecule has 6 nitrogen and oxygen atoms in total. The maximum Gasteiger partial charge on any atom is 0.277 e. The van der Waals surface area contributed by atoms with Crippen molar-refractivity contribution in [1.82, 2.24) is 15.0 Å². The highest BCUT2D eigenvalue weighted by molar-refractivity contribution is 14.1. The molecular formula is C19H14IN5OS. The summed E-state index contributed by atoms with van der Waals surface area (Å²) < 4.78 is 2.69. The molecule has 0 spiro atoms. The number of hydrogen-bond acceptors (Lipinski definition) is 5. The molecule has 2 aromatic heterocycles. The Morgan fingerprint density at radius 2 is 1.96 bits per heavy atom. The van der Waals surface area contributed by atoms with Crippen molar-refractivity contribution in [3.05, 3.63) is 75.4 Å². The van der Waals surface area contributed by atoms with Crippen LogP contribution in [0.15, 0.2) is 66.2 Å². The van der Waals surface area contributed by atoms with Gasteiger partial charge in [0.2, 0.25) is 0 Å². The predicted octanol–water partition coefficient (Wildman–Crippen LogP) is 4.43. The summed E-state index contributed by atoms with van der Waals surface area (Å²) in [5.41, 5.74) is 9.12. The minimum absolute atomic E-state index is 0.217. The van der Waals surface area contributed by atoms with Crippen molar-refractivity contribution in [1.29, 1.82) is 0 Å². The van der Waals surface area contributed by atoms with Gasteiger partial charge in [0.25, 0.3) is 5.91 Å². The molecule has 1 amide bonds. The number of carbonyl (C=O) groups is 1. The van der Waals surface area contributed by atoms with Crippen LogP contribution in [0.4, 0.5) is 11.4 Å². The van der Waals surface area contributed by atoms with Crippen molar-refractivity contribution < 1.29 is 4.79 Å². The number of amides is 1. The number of rotatable bonds is 4. The highest BCUT2D eigenvalue weighted by atomic mass is 127. The van der Waals surface area contributed by atoms with Crippen LogP contribution in [0.1, 0.15) is 10.5 Å². The normalized spacial score (nSPS) is 10.7. The van der Waals surface area contributed by atoms with Gasteiger partial charge in [0.1, 0.15) is 0 Å². The van der Waals surface area contributed by atoms with E-state index in [1.807, 2.05) is 53.9 Å². The van der Waals surface area contributed by atoms with Crippen LogP contribution in [0.2, 0.25) is 0 Å². The van der Waals surface area contributed by atoms with Crippen molar-refractivity contribution >= 4 is 51.2 Å². The molecule has 2 aromatic carbocycles. The molecule has 0 atom stereocenters. The van der Waals surface area contributed by atoms with Crippen molar-refractivity contribution in [2.24, 2.45) is 0 Å². The van der Waals surface area contributed by atoms with Gasteiger partial charge < -0.3 is 11.1 Å². The second-order valence-corrected chi connectivity index (χ2v) is 7.95. The van der Waals surface area contributed by atoms with Crippen LogP contribution in [0, 0.1) is 3.57 Å². The average Bonchev–Trinajstić information content (AvgIpc) is 3.36. The molecule has 0 aliphatic rings. The zero-order valence-corrected chi connectivity index (χ0v) is 16.9. The Kier molecular flexibility index (Phi) is 4.90. The number of nitrogens with two attached hydrogens (primary N) is 1. The maximum absolute atomic E-state index is 12.6. The lowest BCUT2D eigenvalue weighted by atomic mass is 10.1. The summed E-state index contributed by atoms with van der Waals surface area (Å²) in [6.07, 6.45) is 1.59. The predicted molar refractivity (Wildman–Crippen MR) is 116 cm³/mol. The fourth-order valence-electron chi connectivity index (χ4n) is 2.53. The minimum Gasteiger partial charge on any atom is -0.397 e. The van der Waals surface area contributed by atoms with Crippen molar-refractivity contribution in [3.63, 3.8) is 0 Å². The zero-order valence-electron chi connectivity index (χ0n) is 14.0.